The van der Waals surface area contributed by atoms with Crippen molar-refractivity contribution in [3.63, 3.8) is 0 Å². The Balaban J connectivity index is 1.57. The predicted molar refractivity (Wildman–Crippen MR) is 137 cm³/mol. The van der Waals surface area contributed by atoms with Crippen molar-refractivity contribution < 1.29 is 17.6 Å². The molecule has 0 radical (unpaired) electrons. The molecule has 1 amide bonds. The van der Waals surface area contributed by atoms with Crippen LogP contribution in [0, 0.1) is 24.1 Å². The smallest absolute Gasteiger partial charge is 0.243 e. The second kappa shape index (κ2) is 10.6. The van der Waals surface area contributed by atoms with Gasteiger partial charge < -0.3 is 5.32 Å². The third kappa shape index (κ3) is 5.25. The van der Waals surface area contributed by atoms with Gasteiger partial charge in [0.1, 0.15) is 11.9 Å². The van der Waals surface area contributed by atoms with E-state index in [0.29, 0.717) is 39.7 Å². The van der Waals surface area contributed by atoms with Gasteiger partial charge in [0.15, 0.2) is 0 Å². The molecule has 2 atom stereocenters. The Morgan fingerprint density at radius 2 is 1.81 bits per heavy atom. The molecule has 0 saturated carbocycles. The number of benzene rings is 3. The van der Waals surface area contributed by atoms with Gasteiger partial charge in [0.05, 0.1) is 16.9 Å². The van der Waals surface area contributed by atoms with Crippen molar-refractivity contribution in [2.45, 2.75) is 36.6 Å². The van der Waals surface area contributed by atoms with Gasteiger partial charge in [0.25, 0.3) is 0 Å². The van der Waals surface area contributed by atoms with Crippen LogP contribution in [0.25, 0.3) is 0 Å². The molecule has 1 aliphatic heterocycles. The van der Waals surface area contributed by atoms with Gasteiger partial charge >= 0.3 is 0 Å². The summed E-state index contributed by atoms with van der Waals surface area (Å²) in [5, 5.41) is 13.4. The van der Waals surface area contributed by atoms with Crippen molar-refractivity contribution in [1.82, 2.24) is 4.31 Å². The number of carbonyl (C=O) groups is 1. The second-order valence-electron chi connectivity index (χ2n) is 8.52. The highest BCUT2D eigenvalue weighted by atomic mass is 35.5. The number of halogens is 3. The number of rotatable bonds is 6. The highest BCUT2D eigenvalue weighted by molar-refractivity contribution is 7.89. The van der Waals surface area contributed by atoms with Crippen molar-refractivity contribution >= 4 is 44.8 Å². The Morgan fingerprint density at radius 1 is 1.14 bits per heavy atom. The maximum atomic E-state index is 13.3. The molecule has 10 heteroatoms. The molecule has 0 aliphatic carbocycles. The minimum absolute atomic E-state index is 0.0723. The molecule has 6 nitrogen and oxygen atoms in total. The van der Waals surface area contributed by atoms with Crippen LogP contribution in [0.5, 0.6) is 0 Å². The lowest BCUT2D eigenvalue weighted by Gasteiger charge is -2.24. The maximum absolute atomic E-state index is 13.3. The van der Waals surface area contributed by atoms with E-state index in [4.69, 9.17) is 23.2 Å². The fourth-order valence-electron chi connectivity index (χ4n) is 4.29. The zero-order chi connectivity index (χ0) is 26.0. The Labute approximate surface area is 219 Å². The summed E-state index contributed by atoms with van der Waals surface area (Å²) in [6.07, 6.45) is 0.867. The van der Waals surface area contributed by atoms with Crippen LogP contribution in [0.15, 0.2) is 65.6 Å². The van der Waals surface area contributed by atoms with Gasteiger partial charge in [-0.25, -0.2) is 12.8 Å². The lowest BCUT2D eigenvalue weighted by molar-refractivity contribution is -0.119. The molecule has 0 unspecified atom stereocenters. The fourth-order valence-corrected chi connectivity index (χ4v) is 6.34. The first-order valence-corrected chi connectivity index (χ1v) is 13.3. The average molecular weight is 546 g/mol. The van der Waals surface area contributed by atoms with Gasteiger partial charge in [-0.3, -0.25) is 4.79 Å². The molecular weight excluding hydrogens is 524 g/mol. The molecule has 3 aromatic carbocycles. The van der Waals surface area contributed by atoms with Gasteiger partial charge in [0, 0.05) is 22.3 Å². The Hall–Kier alpha value is -2.96. The number of sulfonamides is 1. The normalized spacial score (nSPS) is 16.9. The van der Waals surface area contributed by atoms with Crippen LogP contribution in [0.2, 0.25) is 10.0 Å². The van der Waals surface area contributed by atoms with E-state index in [0.717, 1.165) is 22.0 Å². The maximum Gasteiger partial charge on any atom is 0.243 e. The van der Waals surface area contributed by atoms with E-state index < -0.39 is 33.7 Å². The molecule has 1 fully saturated rings. The molecule has 186 valence electrons. The lowest BCUT2D eigenvalue weighted by atomic mass is 9.91. The first kappa shape index (κ1) is 26.1. The average Bonchev–Trinajstić information content (AvgIpc) is 3.35. The van der Waals surface area contributed by atoms with Gasteiger partial charge in [0.2, 0.25) is 15.9 Å². The molecule has 3 aromatic rings. The number of amides is 1. The number of nitrogens with one attached hydrogen (secondary N) is 1. The third-order valence-electron chi connectivity index (χ3n) is 6.17. The second-order valence-corrected chi connectivity index (χ2v) is 11.3. The van der Waals surface area contributed by atoms with Crippen LogP contribution in [-0.4, -0.2) is 31.2 Å². The van der Waals surface area contributed by atoms with Gasteiger partial charge in [-0.15, -0.1) is 0 Å². The van der Waals surface area contributed by atoms with Crippen LogP contribution in [-0.2, 0) is 14.8 Å². The SMILES string of the molecule is Cc1cc([C@@H](C#N)c2ccc(Cl)cc2)c(Cl)cc1NC(=O)[C@H]1CCCN1S(=O)(=O)c1ccc(F)cc1. The van der Waals surface area contributed by atoms with Gasteiger partial charge in [-0.05, 0) is 78.9 Å². The van der Waals surface area contributed by atoms with Crippen LogP contribution in [0.1, 0.15) is 35.4 Å². The minimum Gasteiger partial charge on any atom is -0.324 e. The summed E-state index contributed by atoms with van der Waals surface area (Å²) in [4.78, 5) is 13.1. The van der Waals surface area contributed by atoms with Crippen LogP contribution in [0.4, 0.5) is 10.1 Å². The van der Waals surface area contributed by atoms with E-state index in [9.17, 15) is 22.9 Å². The van der Waals surface area contributed by atoms with E-state index in [1.807, 2.05) is 0 Å². The minimum atomic E-state index is -3.98. The number of anilines is 1. The van der Waals surface area contributed by atoms with Crippen LogP contribution < -0.4 is 5.32 Å². The molecule has 0 bridgehead atoms. The van der Waals surface area contributed by atoms with Gasteiger partial charge in [-0.1, -0.05) is 41.4 Å². The van der Waals surface area contributed by atoms with E-state index in [2.05, 4.69) is 11.4 Å². The predicted octanol–water partition coefficient (Wildman–Crippen LogP) is 5.89. The van der Waals surface area contributed by atoms with Crippen LogP contribution >= 0.6 is 23.2 Å². The first-order valence-electron chi connectivity index (χ1n) is 11.1. The quantitative estimate of drug-likeness (QED) is 0.418. The van der Waals surface area contributed by atoms with Crippen molar-refractivity contribution in [2.24, 2.45) is 0 Å². The molecule has 4 rings (SSSR count). The standard InChI is InChI=1S/C26H22Cl2FN3O3S/c1-16-13-21(22(15-30)17-4-6-18(27)7-5-17)23(28)14-24(16)31-26(33)25-3-2-12-32(25)36(34,35)20-10-8-19(29)9-11-20/h4-11,13-14,22,25H,2-3,12H2,1H3,(H,31,33)/t22-,25+/m0/s1. The lowest BCUT2D eigenvalue weighted by Crippen LogP contribution is -2.43. The summed E-state index contributed by atoms with van der Waals surface area (Å²) in [5.41, 5.74) is 2.40. The number of carbonyl (C=O) groups excluding carboxylic acids is 1. The number of nitriles is 1. The van der Waals surface area contributed by atoms with Crippen molar-refractivity contribution in [1.29, 1.82) is 5.26 Å². The zero-order valence-electron chi connectivity index (χ0n) is 19.2. The fraction of sp³-hybridized carbons (Fsp3) is 0.231. The number of hydrogen-bond donors (Lipinski definition) is 1. The van der Waals surface area contributed by atoms with Crippen molar-refractivity contribution in [2.75, 3.05) is 11.9 Å². The molecule has 1 aliphatic rings. The number of aryl methyl sites for hydroxylation is 1. The summed E-state index contributed by atoms with van der Waals surface area (Å²) in [7, 11) is -3.98. The Morgan fingerprint density at radius 3 is 2.44 bits per heavy atom. The highest BCUT2D eigenvalue weighted by Gasteiger charge is 2.39. The van der Waals surface area contributed by atoms with E-state index in [1.54, 1.807) is 43.3 Å². The monoisotopic (exact) mass is 545 g/mol. The first-order chi connectivity index (χ1) is 17.1. The summed E-state index contributed by atoms with van der Waals surface area (Å²) in [6, 6.07) is 16.1. The number of hydrogen-bond acceptors (Lipinski definition) is 4. The summed E-state index contributed by atoms with van der Waals surface area (Å²) in [5.74, 6) is -1.67. The molecule has 1 N–H and O–H groups in total. The zero-order valence-corrected chi connectivity index (χ0v) is 21.5. The summed E-state index contributed by atoms with van der Waals surface area (Å²) >= 11 is 12.5. The van der Waals surface area contributed by atoms with E-state index in [-0.39, 0.29) is 11.4 Å². The van der Waals surface area contributed by atoms with Crippen LogP contribution in [0.3, 0.4) is 0 Å². The van der Waals surface area contributed by atoms with Gasteiger partial charge in [-0.2, -0.15) is 9.57 Å². The van der Waals surface area contributed by atoms with E-state index >= 15 is 0 Å². The molecule has 1 heterocycles. The molecule has 1 saturated heterocycles. The van der Waals surface area contributed by atoms with Crippen molar-refractivity contribution in [3.8, 4) is 6.07 Å². The largest absolute Gasteiger partial charge is 0.324 e. The Kier molecular flexibility index (Phi) is 7.67. The number of nitrogens with zero attached hydrogens (tertiary/aromatic N) is 2. The third-order valence-corrected chi connectivity index (χ3v) is 8.67. The summed E-state index contributed by atoms with van der Waals surface area (Å²) in [6.45, 7) is 1.95. The van der Waals surface area contributed by atoms with E-state index in [1.165, 1.54) is 12.1 Å². The molecule has 0 spiro atoms. The Bertz CT molecular complexity index is 1440. The van der Waals surface area contributed by atoms with Crippen molar-refractivity contribution in [3.05, 3.63) is 93.2 Å². The molecular formula is C26H22Cl2FN3O3S. The topological polar surface area (TPSA) is 90.3 Å². The molecule has 36 heavy (non-hydrogen) atoms. The molecule has 0 aromatic heterocycles. The highest BCUT2D eigenvalue weighted by Crippen LogP contribution is 2.35. The summed E-state index contributed by atoms with van der Waals surface area (Å²) < 4.78 is 40.6.